The molecule has 0 bridgehead atoms. The summed E-state index contributed by atoms with van der Waals surface area (Å²) in [6.45, 7) is 1.88. The van der Waals surface area contributed by atoms with E-state index in [1.807, 2.05) is 31.2 Å². The van der Waals surface area contributed by atoms with Crippen LogP contribution in [-0.4, -0.2) is 9.91 Å². The Labute approximate surface area is 131 Å². The van der Waals surface area contributed by atoms with Gasteiger partial charge in [0.05, 0.1) is 4.92 Å². The normalized spacial score (nSPS) is 10.6. The SMILES string of the molecule is Cc1ccc2cccc(Oc3ccc(Cl)cc3[N+](=O)[O-])c2n1. The number of para-hydroxylation sites is 1. The first-order valence-electron chi connectivity index (χ1n) is 6.53. The van der Waals surface area contributed by atoms with Gasteiger partial charge in [0, 0.05) is 22.2 Å². The van der Waals surface area contributed by atoms with E-state index in [2.05, 4.69) is 4.98 Å². The molecule has 0 fully saturated rings. The standard InChI is InChI=1S/C16H11ClN2O3/c1-10-5-6-11-3-2-4-15(16(11)18-10)22-14-8-7-12(17)9-13(14)19(20)21/h2-9H,1H3. The summed E-state index contributed by atoms with van der Waals surface area (Å²) in [5.74, 6) is 0.594. The fraction of sp³-hybridized carbons (Fsp3) is 0.0625. The highest BCUT2D eigenvalue weighted by Crippen LogP contribution is 2.35. The minimum absolute atomic E-state index is 0.130. The van der Waals surface area contributed by atoms with E-state index in [1.165, 1.54) is 12.1 Å². The van der Waals surface area contributed by atoms with Crippen molar-refractivity contribution < 1.29 is 9.66 Å². The fourth-order valence-corrected chi connectivity index (χ4v) is 2.30. The molecule has 0 spiro atoms. The number of aromatic nitrogens is 1. The van der Waals surface area contributed by atoms with Gasteiger partial charge in [-0.25, -0.2) is 4.98 Å². The second-order valence-corrected chi connectivity index (χ2v) is 5.19. The zero-order valence-corrected chi connectivity index (χ0v) is 12.4. The Hall–Kier alpha value is -2.66. The number of aryl methyl sites for hydroxylation is 1. The van der Waals surface area contributed by atoms with E-state index in [0.717, 1.165) is 11.1 Å². The molecule has 0 aliphatic heterocycles. The average molecular weight is 315 g/mol. The minimum atomic E-state index is -0.523. The van der Waals surface area contributed by atoms with Crippen LogP contribution in [0.15, 0.2) is 48.5 Å². The molecule has 1 heterocycles. The van der Waals surface area contributed by atoms with Crippen molar-refractivity contribution in [3.8, 4) is 11.5 Å². The lowest BCUT2D eigenvalue weighted by molar-refractivity contribution is -0.385. The van der Waals surface area contributed by atoms with Crippen LogP contribution in [-0.2, 0) is 0 Å². The molecule has 0 unspecified atom stereocenters. The molecule has 0 aliphatic rings. The Balaban J connectivity index is 2.11. The first-order chi connectivity index (χ1) is 10.5. The lowest BCUT2D eigenvalue weighted by Crippen LogP contribution is -1.95. The molecular formula is C16H11ClN2O3. The van der Waals surface area contributed by atoms with Gasteiger partial charge in [-0.3, -0.25) is 10.1 Å². The second-order valence-electron chi connectivity index (χ2n) is 4.75. The molecule has 0 atom stereocenters. The number of halogens is 1. The molecule has 3 aromatic rings. The van der Waals surface area contributed by atoms with Crippen molar-refractivity contribution in [1.29, 1.82) is 0 Å². The average Bonchev–Trinajstić information content (AvgIpc) is 2.49. The van der Waals surface area contributed by atoms with Crippen LogP contribution in [0.1, 0.15) is 5.69 Å². The van der Waals surface area contributed by atoms with E-state index in [1.54, 1.807) is 12.1 Å². The van der Waals surface area contributed by atoms with Gasteiger partial charge in [0.15, 0.2) is 5.75 Å². The number of hydrogen-bond donors (Lipinski definition) is 0. The Morgan fingerprint density at radius 1 is 1.14 bits per heavy atom. The molecular weight excluding hydrogens is 304 g/mol. The quantitative estimate of drug-likeness (QED) is 0.509. The fourth-order valence-electron chi connectivity index (χ4n) is 2.14. The predicted octanol–water partition coefficient (Wildman–Crippen LogP) is 4.90. The molecule has 0 radical (unpaired) electrons. The van der Waals surface area contributed by atoms with Crippen LogP contribution >= 0.6 is 11.6 Å². The first kappa shape index (κ1) is 14.3. The summed E-state index contributed by atoms with van der Waals surface area (Å²) in [6, 6.07) is 13.6. The van der Waals surface area contributed by atoms with Gasteiger partial charge in [0.1, 0.15) is 5.52 Å². The van der Waals surface area contributed by atoms with Crippen molar-refractivity contribution in [2.24, 2.45) is 0 Å². The van der Waals surface area contributed by atoms with Crippen LogP contribution in [0.4, 0.5) is 5.69 Å². The van der Waals surface area contributed by atoms with Gasteiger partial charge >= 0.3 is 5.69 Å². The number of nitrogens with zero attached hydrogens (tertiary/aromatic N) is 2. The number of nitro groups is 1. The summed E-state index contributed by atoms with van der Waals surface area (Å²) < 4.78 is 5.73. The van der Waals surface area contributed by atoms with E-state index in [4.69, 9.17) is 16.3 Å². The monoisotopic (exact) mass is 314 g/mol. The lowest BCUT2D eigenvalue weighted by atomic mass is 10.2. The largest absolute Gasteiger partial charge is 0.448 e. The van der Waals surface area contributed by atoms with Gasteiger partial charge in [-0.15, -0.1) is 0 Å². The molecule has 110 valence electrons. The number of pyridine rings is 1. The van der Waals surface area contributed by atoms with Crippen LogP contribution in [0.2, 0.25) is 5.02 Å². The Morgan fingerprint density at radius 3 is 2.73 bits per heavy atom. The molecule has 0 amide bonds. The van der Waals surface area contributed by atoms with Crippen LogP contribution in [0.5, 0.6) is 11.5 Å². The van der Waals surface area contributed by atoms with Gasteiger partial charge < -0.3 is 4.74 Å². The highest BCUT2D eigenvalue weighted by atomic mass is 35.5. The van der Waals surface area contributed by atoms with E-state index < -0.39 is 4.92 Å². The van der Waals surface area contributed by atoms with E-state index in [0.29, 0.717) is 11.3 Å². The van der Waals surface area contributed by atoms with Gasteiger partial charge in [-0.1, -0.05) is 29.8 Å². The highest BCUT2D eigenvalue weighted by molar-refractivity contribution is 6.30. The number of rotatable bonds is 3. The van der Waals surface area contributed by atoms with Gasteiger partial charge in [0.25, 0.3) is 0 Å². The zero-order valence-electron chi connectivity index (χ0n) is 11.6. The van der Waals surface area contributed by atoms with E-state index in [-0.39, 0.29) is 16.5 Å². The Bertz CT molecular complexity index is 880. The number of nitro benzene ring substituents is 1. The molecule has 2 aromatic carbocycles. The Morgan fingerprint density at radius 2 is 1.95 bits per heavy atom. The summed E-state index contributed by atoms with van der Waals surface area (Å²) in [5, 5.41) is 12.3. The summed E-state index contributed by atoms with van der Waals surface area (Å²) in [5.41, 5.74) is 1.32. The Kier molecular flexibility index (Phi) is 3.65. The zero-order chi connectivity index (χ0) is 15.7. The maximum Gasteiger partial charge on any atom is 0.313 e. The number of fused-ring (bicyclic) bond motifs is 1. The number of hydrogen-bond acceptors (Lipinski definition) is 4. The molecule has 0 aliphatic carbocycles. The van der Waals surface area contributed by atoms with Crippen molar-refractivity contribution in [2.45, 2.75) is 6.92 Å². The van der Waals surface area contributed by atoms with Crippen LogP contribution in [0.25, 0.3) is 10.9 Å². The second kappa shape index (κ2) is 5.61. The molecule has 0 saturated carbocycles. The molecule has 22 heavy (non-hydrogen) atoms. The summed E-state index contributed by atoms with van der Waals surface area (Å²) in [7, 11) is 0. The molecule has 3 rings (SSSR count). The third-order valence-corrected chi connectivity index (χ3v) is 3.40. The van der Waals surface area contributed by atoms with Crippen LogP contribution in [0, 0.1) is 17.0 Å². The molecule has 0 N–H and O–H groups in total. The third-order valence-electron chi connectivity index (χ3n) is 3.16. The maximum absolute atomic E-state index is 11.1. The van der Waals surface area contributed by atoms with Gasteiger partial charge in [-0.2, -0.15) is 0 Å². The van der Waals surface area contributed by atoms with Crippen LogP contribution in [0.3, 0.4) is 0 Å². The molecule has 6 heteroatoms. The number of ether oxygens (including phenoxy) is 1. The summed E-state index contributed by atoms with van der Waals surface area (Å²) >= 11 is 5.81. The smallest absolute Gasteiger partial charge is 0.313 e. The topological polar surface area (TPSA) is 65.3 Å². The number of benzene rings is 2. The lowest BCUT2D eigenvalue weighted by Gasteiger charge is -2.09. The van der Waals surface area contributed by atoms with E-state index >= 15 is 0 Å². The van der Waals surface area contributed by atoms with Gasteiger partial charge in [0.2, 0.25) is 5.75 Å². The van der Waals surface area contributed by atoms with Crippen molar-refractivity contribution in [1.82, 2.24) is 4.98 Å². The summed E-state index contributed by atoms with van der Waals surface area (Å²) in [4.78, 5) is 15.1. The van der Waals surface area contributed by atoms with Crippen LogP contribution < -0.4 is 4.74 Å². The van der Waals surface area contributed by atoms with E-state index in [9.17, 15) is 10.1 Å². The molecule has 0 saturated heterocycles. The molecule has 5 nitrogen and oxygen atoms in total. The highest BCUT2D eigenvalue weighted by Gasteiger charge is 2.17. The predicted molar refractivity (Wildman–Crippen MR) is 84.7 cm³/mol. The minimum Gasteiger partial charge on any atom is -0.448 e. The molecule has 1 aromatic heterocycles. The maximum atomic E-state index is 11.1. The first-order valence-corrected chi connectivity index (χ1v) is 6.90. The van der Waals surface area contributed by atoms with Crippen molar-refractivity contribution >= 4 is 28.2 Å². The third kappa shape index (κ3) is 2.71. The van der Waals surface area contributed by atoms with Gasteiger partial charge in [-0.05, 0) is 31.2 Å². The van der Waals surface area contributed by atoms with Crippen molar-refractivity contribution in [2.75, 3.05) is 0 Å². The summed E-state index contributed by atoms with van der Waals surface area (Å²) in [6.07, 6.45) is 0. The van der Waals surface area contributed by atoms with Crippen molar-refractivity contribution in [3.05, 3.63) is 69.4 Å². The van der Waals surface area contributed by atoms with Crippen molar-refractivity contribution in [3.63, 3.8) is 0 Å².